The number of pyridine rings is 2. The lowest BCUT2D eigenvalue weighted by Gasteiger charge is -2.18. The molecule has 0 aliphatic rings. The Morgan fingerprint density at radius 2 is 1.96 bits per heavy atom. The second-order valence-corrected chi connectivity index (χ2v) is 6.65. The van der Waals surface area contributed by atoms with Crippen LogP contribution in [-0.2, 0) is 0 Å². The zero-order valence-electron chi connectivity index (χ0n) is 15.3. The zero-order chi connectivity index (χ0) is 18.1. The first-order chi connectivity index (χ1) is 12.0. The number of anilines is 1. The van der Waals surface area contributed by atoms with Gasteiger partial charge < -0.3 is 10.6 Å². The Morgan fingerprint density at radius 1 is 1.20 bits per heavy atom. The van der Waals surface area contributed by atoms with E-state index in [4.69, 9.17) is 0 Å². The minimum atomic E-state index is -0.163. The highest BCUT2D eigenvalue weighted by Gasteiger charge is 2.25. The molecule has 0 atom stereocenters. The van der Waals surface area contributed by atoms with Crippen LogP contribution in [0.1, 0.15) is 56.7 Å². The highest BCUT2D eigenvalue weighted by molar-refractivity contribution is 6.12. The van der Waals surface area contributed by atoms with Crippen LogP contribution in [0.25, 0.3) is 16.7 Å². The largest absolute Gasteiger partial charge is 0.382 e. The van der Waals surface area contributed by atoms with E-state index in [1.54, 1.807) is 6.20 Å². The van der Waals surface area contributed by atoms with E-state index in [0.29, 0.717) is 17.8 Å². The molecule has 25 heavy (non-hydrogen) atoms. The number of fused-ring (bicyclic) bond motifs is 3. The molecule has 0 aromatic carbocycles. The summed E-state index contributed by atoms with van der Waals surface area (Å²) < 4.78 is 1.90. The van der Waals surface area contributed by atoms with Gasteiger partial charge >= 0.3 is 0 Å². The lowest BCUT2D eigenvalue weighted by Crippen LogP contribution is -2.26. The van der Waals surface area contributed by atoms with Gasteiger partial charge in [0.2, 0.25) is 0 Å². The van der Waals surface area contributed by atoms with Crippen LogP contribution >= 0.6 is 0 Å². The topological polar surface area (TPSA) is 84.2 Å². The van der Waals surface area contributed by atoms with E-state index in [0.717, 1.165) is 22.5 Å². The average molecular weight is 340 g/mol. The van der Waals surface area contributed by atoms with Gasteiger partial charge in [-0.2, -0.15) is 0 Å². The molecule has 0 aliphatic heterocycles. The fraction of sp³-hybridized carbons (Fsp3) is 0.444. The van der Waals surface area contributed by atoms with Gasteiger partial charge in [-0.3, -0.25) is 9.20 Å². The van der Waals surface area contributed by atoms with Gasteiger partial charge in [0, 0.05) is 30.1 Å². The Kier molecular flexibility index (Phi) is 4.57. The van der Waals surface area contributed by atoms with Crippen molar-refractivity contribution in [1.29, 1.82) is 0 Å². The quantitative estimate of drug-likeness (QED) is 0.746. The number of hydrogen-bond donors (Lipinski definition) is 2. The molecule has 132 valence electrons. The molecular formula is C18H24N6O. The normalized spacial score (nSPS) is 11.6. The Labute approximate surface area is 146 Å². The number of carbonyl (C=O) groups is 1. The van der Waals surface area contributed by atoms with Crippen molar-refractivity contribution in [3.63, 3.8) is 0 Å². The summed E-state index contributed by atoms with van der Waals surface area (Å²) in [6.45, 7) is 10.6. The van der Waals surface area contributed by atoms with Crippen LogP contribution in [0.4, 0.5) is 5.69 Å². The number of amides is 1. The summed E-state index contributed by atoms with van der Waals surface area (Å²) in [5, 5.41) is 15.8. The second-order valence-electron chi connectivity index (χ2n) is 6.65. The average Bonchev–Trinajstić information content (AvgIpc) is 2.99. The monoisotopic (exact) mass is 340 g/mol. The molecule has 3 aromatic rings. The van der Waals surface area contributed by atoms with E-state index in [-0.39, 0.29) is 17.9 Å². The standard InChI is InChI=1S/C18H24N6O/c1-6-19-18(25)13-14(21-11(4)5)12-8-7-9-20-16(12)24-15(10(2)3)22-23-17(13)24/h7-11,21H,6H2,1-5H3,(H,19,25). The molecule has 3 rings (SSSR count). The lowest BCUT2D eigenvalue weighted by atomic mass is 10.1. The maximum absolute atomic E-state index is 12.8. The molecule has 0 unspecified atom stereocenters. The molecule has 0 saturated carbocycles. The summed E-state index contributed by atoms with van der Waals surface area (Å²) in [6.07, 6.45) is 1.75. The fourth-order valence-corrected chi connectivity index (χ4v) is 2.96. The Morgan fingerprint density at radius 3 is 2.60 bits per heavy atom. The highest BCUT2D eigenvalue weighted by atomic mass is 16.1. The molecule has 7 heteroatoms. The highest BCUT2D eigenvalue weighted by Crippen LogP contribution is 2.32. The van der Waals surface area contributed by atoms with Gasteiger partial charge in [-0.15, -0.1) is 10.2 Å². The van der Waals surface area contributed by atoms with Crippen LogP contribution in [-0.4, -0.2) is 38.1 Å². The molecule has 0 aliphatic carbocycles. The molecule has 0 spiro atoms. The predicted octanol–water partition coefficient (Wildman–Crippen LogP) is 2.97. The smallest absolute Gasteiger partial charge is 0.257 e. The van der Waals surface area contributed by atoms with Crippen molar-refractivity contribution in [3.05, 3.63) is 29.7 Å². The van der Waals surface area contributed by atoms with Gasteiger partial charge in [-0.1, -0.05) is 13.8 Å². The number of aromatic nitrogens is 4. The van der Waals surface area contributed by atoms with E-state index in [9.17, 15) is 4.79 Å². The van der Waals surface area contributed by atoms with Gasteiger partial charge in [0.25, 0.3) is 5.91 Å². The molecule has 0 radical (unpaired) electrons. The van der Waals surface area contributed by atoms with Gasteiger partial charge in [0.15, 0.2) is 5.65 Å². The van der Waals surface area contributed by atoms with Crippen LogP contribution in [0.2, 0.25) is 0 Å². The molecule has 7 nitrogen and oxygen atoms in total. The first-order valence-electron chi connectivity index (χ1n) is 8.66. The Hall–Kier alpha value is -2.70. The Balaban J connectivity index is 2.48. The summed E-state index contributed by atoms with van der Waals surface area (Å²) in [5.74, 6) is 0.788. The first kappa shape index (κ1) is 17.1. The van der Waals surface area contributed by atoms with Crippen molar-refractivity contribution in [1.82, 2.24) is 24.9 Å². The van der Waals surface area contributed by atoms with Crippen LogP contribution in [0, 0.1) is 0 Å². The molecule has 3 aromatic heterocycles. The number of hydrogen-bond acceptors (Lipinski definition) is 5. The Bertz CT molecular complexity index is 928. The molecule has 1 amide bonds. The minimum absolute atomic E-state index is 0.159. The number of nitrogens with zero attached hydrogens (tertiary/aromatic N) is 4. The van der Waals surface area contributed by atoms with E-state index in [2.05, 4.69) is 39.7 Å². The van der Waals surface area contributed by atoms with Crippen LogP contribution in [0.3, 0.4) is 0 Å². The summed E-state index contributed by atoms with van der Waals surface area (Å²) in [4.78, 5) is 17.4. The number of nitrogens with one attached hydrogen (secondary N) is 2. The van der Waals surface area contributed by atoms with E-state index in [1.165, 1.54) is 0 Å². The predicted molar refractivity (Wildman–Crippen MR) is 99.1 cm³/mol. The van der Waals surface area contributed by atoms with E-state index < -0.39 is 0 Å². The summed E-state index contributed by atoms with van der Waals surface area (Å²) in [5.41, 5.74) is 2.54. The van der Waals surface area contributed by atoms with Crippen molar-refractivity contribution in [2.75, 3.05) is 11.9 Å². The molecule has 3 heterocycles. The molecular weight excluding hydrogens is 316 g/mol. The van der Waals surface area contributed by atoms with Crippen molar-refractivity contribution in [2.24, 2.45) is 0 Å². The number of rotatable bonds is 5. The molecule has 0 bridgehead atoms. The van der Waals surface area contributed by atoms with Crippen molar-refractivity contribution in [3.8, 4) is 0 Å². The lowest BCUT2D eigenvalue weighted by molar-refractivity contribution is 0.0958. The van der Waals surface area contributed by atoms with Crippen LogP contribution < -0.4 is 10.6 Å². The summed E-state index contributed by atoms with van der Waals surface area (Å²) >= 11 is 0. The SMILES string of the molecule is CCNC(=O)c1c(NC(C)C)c2cccnc2n2c(C(C)C)nnc12. The second kappa shape index (κ2) is 6.66. The van der Waals surface area contributed by atoms with Crippen molar-refractivity contribution >= 4 is 28.3 Å². The van der Waals surface area contributed by atoms with Gasteiger partial charge in [0.1, 0.15) is 17.0 Å². The van der Waals surface area contributed by atoms with E-state index >= 15 is 0 Å². The summed E-state index contributed by atoms with van der Waals surface area (Å²) in [6, 6.07) is 4.01. The van der Waals surface area contributed by atoms with Gasteiger partial charge in [0.05, 0.1) is 5.69 Å². The van der Waals surface area contributed by atoms with Gasteiger partial charge in [-0.25, -0.2) is 4.98 Å². The molecule has 0 fully saturated rings. The molecule has 0 saturated heterocycles. The zero-order valence-corrected chi connectivity index (χ0v) is 15.3. The fourth-order valence-electron chi connectivity index (χ4n) is 2.96. The maximum atomic E-state index is 12.8. The van der Waals surface area contributed by atoms with Crippen molar-refractivity contribution in [2.45, 2.75) is 46.6 Å². The third kappa shape index (κ3) is 2.90. The number of carbonyl (C=O) groups excluding carboxylic acids is 1. The first-order valence-corrected chi connectivity index (χ1v) is 8.66. The van der Waals surface area contributed by atoms with Crippen LogP contribution in [0.15, 0.2) is 18.3 Å². The van der Waals surface area contributed by atoms with Crippen LogP contribution in [0.5, 0.6) is 0 Å². The maximum Gasteiger partial charge on any atom is 0.257 e. The third-order valence-electron chi connectivity index (χ3n) is 3.94. The van der Waals surface area contributed by atoms with E-state index in [1.807, 2.05) is 37.3 Å². The van der Waals surface area contributed by atoms with Crippen molar-refractivity contribution < 1.29 is 4.79 Å². The minimum Gasteiger partial charge on any atom is -0.382 e. The third-order valence-corrected chi connectivity index (χ3v) is 3.94. The van der Waals surface area contributed by atoms with Gasteiger partial charge in [-0.05, 0) is 32.9 Å². The molecule has 2 N–H and O–H groups in total. The summed E-state index contributed by atoms with van der Waals surface area (Å²) in [7, 11) is 0.